The van der Waals surface area contributed by atoms with Crippen LogP contribution in [0.2, 0.25) is 0 Å². The summed E-state index contributed by atoms with van der Waals surface area (Å²) < 4.78 is 37.7. The number of aliphatic hydroxyl groups excluding tert-OH is 1. The molecule has 0 aliphatic carbocycles. The molecule has 47 heavy (non-hydrogen) atoms. The maximum absolute atomic E-state index is 12.6. The standard InChI is InChI=1S/C26H28N2O5.C7H16O4.CH3.U.V/c1-27-23(26(29)33-18-17-32-16-15-31-14-13-30-3)19-22-21-11-7-8-12-24(21)28(2)25(22)20-9-5-4-6-10-20;1-9-4-5-11-7-6-10-3-2-8;;;/h4-12,19H,13-18H2,2-3H3;8H,2-7H2,1H3;1H3;;/q;;-1;;/b23-19-;;;;. The second-order valence-corrected chi connectivity index (χ2v) is 9.14. The fourth-order valence-electron chi connectivity index (χ4n) is 4.05. The van der Waals surface area contributed by atoms with Crippen molar-refractivity contribution in [3.05, 3.63) is 84.7 Å². The number of carbonyl (C=O) groups is 1. The number of carbonyl (C=O) groups excluding carboxylic acids is 1. The topological polar surface area (TPSA) is 111 Å². The van der Waals surface area contributed by atoms with E-state index >= 15 is 0 Å². The summed E-state index contributed by atoms with van der Waals surface area (Å²) in [6.45, 7) is 12.5. The normalized spacial score (nSPS) is 10.5. The van der Waals surface area contributed by atoms with Crippen molar-refractivity contribution in [3.8, 4) is 11.3 Å². The molecular weight excluding hydrogens is 869 g/mol. The summed E-state index contributed by atoms with van der Waals surface area (Å²) in [7, 11) is 5.22. The minimum Gasteiger partial charge on any atom is -0.468 e. The third-order valence-electron chi connectivity index (χ3n) is 6.11. The van der Waals surface area contributed by atoms with E-state index in [2.05, 4.69) is 9.41 Å². The van der Waals surface area contributed by atoms with Gasteiger partial charge in [0, 0.05) is 81.8 Å². The fourth-order valence-corrected chi connectivity index (χ4v) is 4.05. The van der Waals surface area contributed by atoms with Gasteiger partial charge in [0.05, 0.1) is 84.9 Å². The molecule has 257 valence electrons. The van der Waals surface area contributed by atoms with Gasteiger partial charge in [-0.1, -0.05) is 48.5 Å². The molecule has 0 bridgehead atoms. The second-order valence-electron chi connectivity index (χ2n) is 9.14. The van der Waals surface area contributed by atoms with Crippen LogP contribution in [-0.2, 0) is 63.6 Å². The number of methoxy groups -OCH3 is 2. The van der Waals surface area contributed by atoms with Crippen LogP contribution in [0.4, 0.5) is 0 Å². The summed E-state index contributed by atoms with van der Waals surface area (Å²) in [6, 6.07) is 17.8. The summed E-state index contributed by atoms with van der Waals surface area (Å²) in [5.41, 5.74) is 3.68. The van der Waals surface area contributed by atoms with Crippen molar-refractivity contribution < 1.29 is 92.7 Å². The monoisotopic (exact) mass is 916 g/mol. The predicted molar refractivity (Wildman–Crippen MR) is 174 cm³/mol. The number of hydrogen-bond acceptors (Lipinski definition) is 9. The molecule has 0 atom stereocenters. The van der Waals surface area contributed by atoms with Crippen LogP contribution < -0.4 is 0 Å². The summed E-state index contributed by atoms with van der Waals surface area (Å²) in [4.78, 5) is 16.0. The zero-order chi connectivity index (χ0) is 31.8. The maximum Gasteiger partial charge on any atom is 0.336 e. The molecule has 3 rings (SSSR count). The van der Waals surface area contributed by atoms with Crippen LogP contribution in [-0.4, -0.2) is 109 Å². The molecule has 0 amide bonds. The number of aryl methyl sites for hydroxylation is 1. The van der Waals surface area contributed by atoms with Crippen LogP contribution in [0.25, 0.3) is 33.1 Å². The first kappa shape index (κ1) is 47.2. The molecule has 0 aliphatic rings. The fraction of sp³-hybridized carbons (Fsp3) is 0.441. The molecular formula is C34H47N2O9UV-. The molecule has 0 unspecified atom stereocenters. The van der Waals surface area contributed by atoms with Crippen molar-refractivity contribution in [1.29, 1.82) is 0 Å². The Morgan fingerprint density at radius 3 is 1.81 bits per heavy atom. The summed E-state index contributed by atoms with van der Waals surface area (Å²) in [6.07, 6.45) is 1.62. The van der Waals surface area contributed by atoms with Crippen LogP contribution >= 0.6 is 0 Å². The quantitative estimate of drug-likeness (QED) is 0.0763. The number of benzene rings is 2. The van der Waals surface area contributed by atoms with E-state index in [0.29, 0.717) is 59.5 Å². The minimum absolute atomic E-state index is 0. The van der Waals surface area contributed by atoms with Gasteiger partial charge < -0.3 is 50.3 Å². The van der Waals surface area contributed by atoms with Gasteiger partial charge in [0.2, 0.25) is 0 Å². The molecule has 3 aromatic rings. The average Bonchev–Trinajstić information content (AvgIpc) is 3.33. The molecule has 1 N–H and O–H groups in total. The Bertz CT molecular complexity index is 1290. The number of aromatic nitrogens is 1. The van der Waals surface area contributed by atoms with Gasteiger partial charge >= 0.3 is 5.97 Å². The minimum atomic E-state index is -0.670. The number of nitrogens with zero attached hydrogens (tertiary/aromatic N) is 2. The van der Waals surface area contributed by atoms with Crippen LogP contribution in [0, 0.1) is 45.1 Å². The Morgan fingerprint density at radius 2 is 1.28 bits per heavy atom. The number of aliphatic hydroxyl groups is 1. The van der Waals surface area contributed by atoms with Crippen LogP contribution in [0.1, 0.15) is 5.56 Å². The van der Waals surface area contributed by atoms with E-state index in [1.165, 1.54) is 0 Å². The van der Waals surface area contributed by atoms with E-state index in [1.54, 1.807) is 20.3 Å². The van der Waals surface area contributed by atoms with Gasteiger partial charge in [-0.05, 0) is 23.3 Å². The molecule has 0 saturated heterocycles. The van der Waals surface area contributed by atoms with Crippen LogP contribution in [0.3, 0.4) is 0 Å². The summed E-state index contributed by atoms with van der Waals surface area (Å²) >= 11 is 0. The Balaban J connectivity index is 0. The molecule has 0 saturated carbocycles. The molecule has 0 spiro atoms. The average molecular weight is 917 g/mol. The van der Waals surface area contributed by atoms with E-state index in [4.69, 9.17) is 44.8 Å². The third kappa shape index (κ3) is 17.8. The summed E-state index contributed by atoms with van der Waals surface area (Å²) in [5, 5.41) is 9.28. The molecule has 13 heteroatoms. The zero-order valence-electron chi connectivity index (χ0n) is 27.8. The van der Waals surface area contributed by atoms with Gasteiger partial charge in [0.25, 0.3) is 5.70 Å². The van der Waals surface area contributed by atoms with Crippen molar-refractivity contribution in [2.75, 3.05) is 93.5 Å². The number of ether oxygens (including phenoxy) is 7. The Labute approximate surface area is 314 Å². The van der Waals surface area contributed by atoms with E-state index < -0.39 is 5.97 Å². The number of fused-ring (bicyclic) bond motifs is 1. The second kappa shape index (κ2) is 30.1. The summed E-state index contributed by atoms with van der Waals surface area (Å²) in [5.74, 6) is -0.670. The van der Waals surface area contributed by atoms with Crippen molar-refractivity contribution in [2.24, 2.45) is 7.05 Å². The van der Waals surface area contributed by atoms with Gasteiger partial charge in [-0.15, -0.1) is 0 Å². The van der Waals surface area contributed by atoms with E-state index in [9.17, 15) is 4.79 Å². The Kier molecular flexibility index (Phi) is 30.2. The van der Waals surface area contributed by atoms with Gasteiger partial charge in [-0.3, -0.25) is 4.79 Å². The van der Waals surface area contributed by atoms with Gasteiger partial charge in [-0.2, -0.15) is 0 Å². The Hall–Kier alpha value is -1.96. The molecule has 1 heterocycles. The third-order valence-corrected chi connectivity index (χ3v) is 6.11. The van der Waals surface area contributed by atoms with Crippen LogP contribution in [0.5, 0.6) is 0 Å². The van der Waals surface area contributed by atoms with Crippen molar-refractivity contribution in [1.82, 2.24) is 4.57 Å². The van der Waals surface area contributed by atoms with Gasteiger partial charge in [0.15, 0.2) is 0 Å². The first-order valence-electron chi connectivity index (χ1n) is 14.4. The largest absolute Gasteiger partial charge is 0.468 e. The first-order chi connectivity index (χ1) is 21.6. The molecule has 11 nitrogen and oxygen atoms in total. The maximum atomic E-state index is 12.6. The van der Waals surface area contributed by atoms with Gasteiger partial charge in [0.1, 0.15) is 6.61 Å². The molecule has 1 aromatic heterocycles. The number of para-hydroxylation sites is 1. The number of rotatable bonds is 20. The smallest absolute Gasteiger partial charge is 0.336 e. The van der Waals surface area contributed by atoms with E-state index in [0.717, 1.165) is 27.7 Å². The van der Waals surface area contributed by atoms with Gasteiger partial charge in [-0.25, -0.2) is 4.85 Å². The van der Waals surface area contributed by atoms with Crippen molar-refractivity contribution >= 4 is 22.9 Å². The first-order valence-corrected chi connectivity index (χ1v) is 14.4. The number of esters is 1. The SMILES string of the molecule is COCCOCCOCCO.[C-]#[N+]/C(=C\c1c(-c2ccccc2)n(C)c2ccccc12)C(=O)OCCOCCOCCOC.[CH3-].[U].[V]. The molecule has 1 radical (unpaired) electrons. The predicted octanol–water partition coefficient (Wildman–Crippen LogP) is 4.43. The zero-order valence-corrected chi connectivity index (χ0v) is 33.4. The van der Waals surface area contributed by atoms with Crippen molar-refractivity contribution in [2.45, 2.75) is 0 Å². The van der Waals surface area contributed by atoms with Crippen LogP contribution in [0.15, 0.2) is 60.3 Å². The molecule has 0 aliphatic heterocycles. The van der Waals surface area contributed by atoms with E-state index in [-0.39, 0.29) is 82.6 Å². The molecule has 2 aromatic carbocycles. The van der Waals surface area contributed by atoms with Crippen molar-refractivity contribution in [3.63, 3.8) is 0 Å². The van der Waals surface area contributed by atoms with E-state index in [1.807, 2.05) is 61.6 Å². The Morgan fingerprint density at radius 1 is 0.787 bits per heavy atom. The number of hydrogen-bond donors (Lipinski definition) is 1. The molecule has 0 fully saturated rings.